The lowest BCUT2D eigenvalue weighted by molar-refractivity contribution is 0.601. The van der Waals surface area contributed by atoms with Crippen molar-refractivity contribution in [2.45, 2.75) is 77.0 Å². The molecule has 328 valence electrons. The van der Waals surface area contributed by atoms with Crippen molar-refractivity contribution in [2.24, 2.45) is 0 Å². The minimum absolute atomic E-state index is 0.116. The molecule has 0 bridgehead atoms. The molecule has 2 aromatic heterocycles. The second-order valence-corrected chi connectivity index (χ2v) is 24.2. The molecule has 2 heterocycles. The summed E-state index contributed by atoms with van der Waals surface area (Å²) < 4.78 is 2.73. The largest absolute Gasteiger partial charge is 0.134 e. The Morgan fingerprint density at radius 1 is 0.250 bits per heavy atom. The highest BCUT2D eigenvalue weighted by molar-refractivity contribution is 7.31. The van der Waals surface area contributed by atoms with E-state index < -0.39 is 0 Å². The summed E-state index contributed by atoms with van der Waals surface area (Å²) in [6, 6.07) is 65.0. The minimum Gasteiger partial charge on any atom is -0.134 e. The summed E-state index contributed by atoms with van der Waals surface area (Å²) in [6.07, 6.45) is 0. The van der Waals surface area contributed by atoms with Crippen LogP contribution in [0.15, 0.2) is 170 Å². The van der Waals surface area contributed by atoms with Crippen molar-refractivity contribution in [1.82, 2.24) is 0 Å². The molecule has 0 unspecified atom stereocenters. The van der Waals surface area contributed by atoms with Crippen molar-refractivity contribution in [2.75, 3.05) is 0 Å². The Morgan fingerprint density at radius 3 is 0.824 bits per heavy atom. The molecule has 0 aliphatic heterocycles. The van der Waals surface area contributed by atoms with Gasteiger partial charge in [-0.25, -0.2) is 0 Å². The molecule has 0 radical (unpaired) electrons. The van der Waals surface area contributed by atoms with Gasteiger partial charge in [0.1, 0.15) is 0 Å². The molecule has 10 aromatic rings. The van der Waals surface area contributed by atoms with Gasteiger partial charge in [-0.05, 0) is 159 Å². The van der Waals surface area contributed by atoms with Crippen molar-refractivity contribution in [1.29, 1.82) is 0 Å². The third kappa shape index (κ3) is 5.31. The van der Waals surface area contributed by atoms with Crippen LogP contribution < -0.4 is 0 Å². The summed E-state index contributed by atoms with van der Waals surface area (Å²) >= 11 is 3.88. The maximum absolute atomic E-state index is 2.51. The van der Waals surface area contributed by atoms with Crippen LogP contribution in [-0.2, 0) is 21.7 Å². The van der Waals surface area contributed by atoms with Gasteiger partial charge < -0.3 is 0 Å². The third-order valence-corrected chi connectivity index (χ3v) is 19.2. The van der Waals surface area contributed by atoms with E-state index in [1.165, 1.54) is 142 Å². The maximum atomic E-state index is 2.51. The molecule has 0 nitrogen and oxygen atoms in total. The van der Waals surface area contributed by atoms with Crippen LogP contribution in [0.4, 0.5) is 0 Å². The van der Waals surface area contributed by atoms with Crippen molar-refractivity contribution in [3.05, 3.63) is 214 Å². The van der Waals surface area contributed by atoms with Crippen LogP contribution in [0.2, 0.25) is 0 Å². The Kier molecular flexibility index (Phi) is 8.07. The monoisotopic (exact) mass is 908 g/mol. The third-order valence-electron chi connectivity index (χ3n) is 16.8. The number of thiophene rings is 2. The van der Waals surface area contributed by atoms with E-state index in [4.69, 9.17) is 0 Å². The van der Waals surface area contributed by atoms with Crippen molar-refractivity contribution in [3.63, 3.8) is 0 Å². The van der Waals surface area contributed by atoms with E-state index in [0.29, 0.717) is 0 Å². The lowest BCUT2D eigenvalue weighted by Crippen LogP contribution is -2.24. The van der Waals surface area contributed by atoms with Crippen LogP contribution in [0.1, 0.15) is 99.9 Å². The molecular weight excluding hydrogens is 857 g/mol. The average Bonchev–Trinajstić information content (AvgIpc) is 4.14. The highest BCUT2D eigenvalue weighted by atomic mass is 32.1. The number of hydrogen-bond acceptors (Lipinski definition) is 2. The molecule has 0 atom stereocenters. The highest BCUT2D eigenvalue weighted by Crippen LogP contribution is 2.62. The fraction of sp³-hybridized carbons (Fsp3) is 0.182. The topological polar surface area (TPSA) is 0 Å². The van der Waals surface area contributed by atoms with Crippen LogP contribution in [-0.4, -0.2) is 0 Å². The molecule has 0 saturated carbocycles. The Labute approximate surface area is 408 Å². The number of benzene rings is 8. The van der Waals surface area contributed by atoms with Gasteiger partial charge in [0.05, 0.1) is 0 Å². The van der Waals surface area contributed by atoms with Gasteiger partial charge in [-0.1, -0.05) is 189 Å². The summed E-state index contributed by atoms with van der Waals surface area (Å²) in [7, 11) is 0. The molecule has 0 N–H and O–H groups in total. The van der Waals surface area contributed by atoms with Gasteiger partial charge in [0.25, 0.3) is 0 Å². The molecule has 14 rings (SSSR count). The first-order chi connectivity index (χ1) is 32.7. The van der Waals surface area contributed by atoms with Gasteiger partial charge in [-0.2, -0.15) is 0 Å². The lowest BCUT2D eigenvalue weighted by Gasteiger charge is -2.31. The zero-order chi connectivity index (χ0) is 46.2. The summed E-state index contributed by atoms with van der Waals surface area (Å²) in [4.78, 5) is 2.69. The summed E-state index contributed by atoms with van der Waals surface area (Å²) in [5.74, 6) is 0. The number of fused-ring (bicyclic) bond motifs is 15. The fourth-order valence-corrected chi connectivity index (χ4v) is 15.9. The Hall–Kier alpha value is -6.58. The Balaban J connectivity index is 0.776. The van der Waals surface area contributed by atoms with E-state index in [1.807, 2.05) is 22.7 Å². The molecule has 0 fully saturated rings. The summed E-state index contributed by atoms with van der Waals surface area (Å²) in [6.45, 7) is 19.6. The molecule has 8 aromatic carbocycles. The van der Waals surface area contributed by atoms with Crippen molar-refractivity contribution in [3.8, 4) is 87.6 Å². The Morgan fingerprint density at radius 2 is 0.515 bits per heavy atom. The van der Waals surface area contributed by atoms with E-state index in [1.54, 1.807) is 0 Å². The van der Waals surface area contributed by atoms with E-state index in [2.05, 4.69) is 225 Å². The first kappa shape index (κ1) is 40.5. The van der Waals surface area contributed by atoms with E-state index in [0.717, 1.165) is 0 Å². The quantitative estimate of drug-likeness (QED) is 0.165. The standard InChI is InChI=1S/C66H52S2/c1-63(2)51-31-39(37-15-11-9-12-16-37)19-23-43(51)47-27-29-49-45-25-21-41(33-53(45)65(5,6)61(49)59(47)63)55-35-57-58(67-55)36-56(68-57)42-22-26-46-50-30-28-48-44-24-20-40(38-17-13-10-14-18-38)32-52(44)64(3,4)60(48)62(50)66(7,8)54(46)34-42/h9-36H,1-8H3. The molecule has 4 aliphatic carbocycles. The predicted octanol–water partition coefficient (Wildman–Crippen LogP) is 18.9. The lowest BCUT2D eigenvalue weighted by atomic mass is 9.72. The summed E-state index contributed by atoms with van der Waals surface area (Å²) in [5.41, 5.74) is 30.1. The minimum atomic E-state index is -0.137. The molecule has 0 saturated heterocycles. The maximum Gasteiger partial charge on any atom is 0.0463 e. The highest BCUT2D eigenvalue weighted by Gasteiger charge is 2.48. The van der Waals surface area contributed by atoms with E-state index in [-0.39, 0.29) is 21.7 Å². The van der Waals surface area contributed by atoms with Crippen molar-refractivity contribution < 1.29 is 0 Å². The van der Waals surface area contributed by atoms with Crippen LogP contribution in [0.3, 0.4) is 0 Å². The number of rotatable bonds is 4. The molecule has 0 amide bonds. The molecule has 2 heteroatoms. The van der Waals surface area contributed by atoms with Gasteiger partial charge >= 0.3 is 0 Å². The molecular formula is C66H52S2. The van der Waals surface area contributed by atoms with Gasteiger partial charge in [0, 0.05) is 40.8 Å². The van der Waals surface area contributed by atoms with Crippen LogP contribution in [0.5, 0.6) is 0 Å². The summed E-state index contributed by atoms with van der Waals surface area (Å²) in [5, 5.41) is 0. The second-order valence-electron chi connectivity index (χ2n) is 22.0. The fourth-order valence-electron chi connectivity index (χ4n) is 13.5. The first-order valence-corrected chi connectivity index (χ1v) is 25.9. The number of hydrogen-bond donors (Lipinski definition) is 0. The van der Waals surface area contributed by atoms with Crippen LogP contribution in [0.25, 0.3) is 97.0 Å². The van der Waals surface area contributed by atoms with Gasteiger partial charge in [0.15, 0.2) is 0 Å². The Bertz CT molecular complexity index is 3550. The smallest absolute Gasteiger partial charge is 0.0463 e. The molecule has 68 heavy (non-hydrogen) atoms. The van der Waals surface area contributed by atoms with Gasteiger partial charge in [-0.15, -0.1) is 22.7 Å². The van der Waals surface area contributed by atoms with Gasteiger partial charge in [0.2, 0.25) is 0 Å². The van der Waals surface area contributed by atoms with Crippen LogP contribution >= 0.6 is 22.7 Å². The first-order valence-electron chi connectivity index (χ1n) is 24.3. The normalized spacial score (nSPS) is 16.4. The predicted molar refractivity (Wildman–Crippen MR) is 292 cm³/mol. The van der Waals surface area contributed by atoms with Crippen LogP contribution in [0, 0.1) is 0 Å². The van der Waals surface area contributed by atoms with Gasteiger partial charge in [-0.3, -0.25) is 0 Å². The molecule has 0 spiro atoms. The molecule has 4 aliphatic rings. The van der Waals surface area contributed by atoms with E-state index in [9.17, 15) is 0 Å². The average molecular weight is 909 g/mol. The van der Waals surface area contributed by atoms with Crippen molar-refractivity contribution >= 4 is 32.1 Å². The zero-order valence-corrected chi connectivity index (χ0v) is 41.6. The van der Waals surface area contributed by atoms with E-state index >= 15 is 0 Å². The second kappa shape index (κ2) is 13.6. The zero-order valence-electron chi connectivity index (χ0n) is 40.0. The SMILES string of the molecule is CC1(C)c2cc(-c3ccccc3)ccc2-c2ccc3c(c21)C(C)(C)c1cc(-c2cc4sc(-c5ccc6c(c5)C(C)(C)c5c-6ccc6c5C(C)(C)c5cc(-c7ccccc7)ccc5-6)cc4s2)ccc1-3.